The largest absolute Gasteiger partial charge is 0.331 e. The fourth-order valence-corrected chi connectivity index (χ4v) is 2.64. The quantitative estimate of drug-likeness (QED) is 0.566. The first-order valence-electron chi connectivity index (χ1n) is 8.54. The summed E-state index contributed by atoms with van der Waals surface area (Å²) < 4.78 is 0. The van der Waals surface area contributed by atoms with E-state index < -0.39 is 5.91 Å². The van der Waals surface area contributed by atoms with Crippen molar-refractivity contribution in [2.75, 3.05) is 18.4 Å². The van der Waals surface area contributed by atoms with Crippen molar-refractivity contribution in [3.05, 3.63) is 41.6 Å². The van der Waals surface area contributed by atoms with Crippen LogP contribution in [0.4, 0.5) is 5.69 Å². The average molecular weight is 340 g/mol. The SMILES string of the molecule is CC(C)c1ccc(NC(=O)/C(C#N)=C\NC(=O)C2CCNCC2)cc1. The minimum Gasteiger partial charge on any atom is -0.331 e. The number of anilines is 1. The van der Waals surface area contributed by atoms with Crippen LogP contribution in [0.15, 0.2) is 36.0 Å². The fraction of sp³-hybridized carbons (Fsp3) is 0.421. The summed E-state index contributed by atoms with van der Waals surface area (Å²) >= 11 is 0. The van der Waals surface area contributed by atoms with E-state index in [1.54, 1.807) is 12.1 Å². The molecule has 0 saturated carbocycles. The third-order valence-electron chi connectivity index (χ3n) is 4.27. The molecule has 25 heavy (non-hydrogen) atoms. The molecule has 1 aliphatic rings. The van der Waals surface area contributed by atoms with Gasteiger partial charge in [-0.05, 0) is 49.5 Å². The van der Waals surface area contributed by atoms with E-state index >= 15 is 0 Å². The molecule has 0 unspecified atom stereocenters. The van der Waals surface area contributed by atoms with Gasteiger partial charge in [-0.25, -0.2) is 0 Å². The van der Waals surface area contributed by atoms with Gasteiger partial charge in [-0.1, -0.05) is 26.0 Å². The van der Waals surface area contributed by atoms with E-state index in [0.717, 1.165) is 25.9 Å². The molecule has 1 aromatic carbocycles. The van der Waals surface area contributed by atoms with Gasteiger partial charge in [0.05, 0.1) is 0 Å². The summed E-state index contributed by atoms with van der Waals surface area (Å²) in [5, 5.41) is 17.6. The molecule has 1 aromatic rings. The minimum atomic E-state index is -0.537. The van der Waals surface area contributed by atoms with Gasteiger partial charge in [-0.15, -0.1) is 0 Å². The summed E-state index contributed by atoms with van der Waals surface area (Å²) in [5.41, 5.74) is 1.65. The third kappa shape index (κ3) is 5.44. The van der Waals surface area contributed by atoms with Crippen LogP contribution in [-0.2, 0) is 9.59 Å². The lowest BCUT2D eigenvalue weighted by Gasteiger charge is -2.20. The molecular formula is C19H24N4O2. The van der Waals surface area contributed by atoms with E-state index in [1.807, 2.05) is 18.2 Å². The molecule has 1 fully saturated rings. The minimum absolute atomic E-state index is 0.0796. The maximum absolute atomic E-state index is 12.2. The monoisotopic (exact) mass is 340 g/mol. The Labute approximate surface area is 148 Å². The summed E-state index contributed by atoms with van der Waals surface area (Å²) in [6.07, 6.45) is 2.72. The Morgan fingerprint density at radius 1 is 1.24 bits per heavy atom. The number of hydrogen-bond acceptors (Lipinski definition) is 4. The Kier molecular flexibility index (Phi) is 6.72. The zero-order valence-electron chi connectivity index (χ0n) is 14.6. The van der Waals surface area contributed by atoms with Gasteiger partial charge in [0.1, 0.15) is 11.6 Å². The summed E-state index contributed by atoms with van der Waals surface area (Å²) in [5.74, 6) is -0.359. The molecular weight excluding hydrogens is 316 g/mol. The number of carbonyl (C=O) groups is 2. The van der Waals surface area contributed by atoms with E-state index in [9.17, 15) is 14.9 Å². The zero-order chi connectivity index (χ0) is 18.2. The summed E-state index contributed by atoms with van der Waals surface area (Å²) in [6.45, 7) is 5.80. The molecule has 0 spiro atoms. The van der Waals surface area contributed by atoms with Crippen LogP contribution >= 0.6 is 0 Å². The van der Waals surface area contributed by atoms with Crippen molar-refractivity contribution in [1.82, 2.24) is 10.6 Å². The van der Waals surface area contributed by atoms with E-state index in [2.05, 4.69) is 29.8 Å². The molecule has 1 heterocycles. The van der Waals surface area contributed by atoms with E-state index in [0.29, 0.717) is 11.6 Å². The van der Waals surface area contributed by atoms with E-state index in [-0.39, 0.29) is 17.4 Å². The maximum atomic E-state index is 12.2. The Bertz CT molecular complexity index is 680. The Morgan fingerprint density at radius 2 is 1.88 bits per heavy atom. The number of nitrogens with one attached hydrogen (secondary N) is 3. The number of benzene rings is 1. The molecule has 0 radical (unpaired) electrons. The Hall–Kier alpha value is -2.65. The van der Waals surface area contributed by atoms with Crippen LogP contribution in [0.2, 0.25) is 0 Å². The van der Waals surface area contributed by atoms with Crippen LogP contribution < -0.4 is 16.0 Å². The molecule has 6 nitrogen and oxygen atoms in total. The molecule has 0 aliphatic carbocycles. The number of carbonyl (C=O) groups excluding carboxylic acids is 2. The average Bonchev–Trinajstić information content (AvgIpc) is 2.63. The first-order valence-corrected chi connectivity index (χ1v) is 8.54. The van der Waals surface area contributed by atoms with Gasteiger partial charge in [0.25, 0.3) is 5.91 Å². The van der Waals surface area contributed by atoms with Crippen LogP contribution in [0.25, 0.3) is 0 Å². The van der Waals surface area contributed by atoms with Gasteiger partial charge in [-0.3, -0.25) is 9.59 Å². The number of piperidine rings is 1. The molecule has 6 heteroatoms. The molecule has 132 valence electrons. The molecule has 0 aromatic heterocycles. The van der Waals surface area contributed by atoms with Gasteiger partial charge >= 0.3 is 0 Å². The summed E-state index contributed by atoms with van der Waals surface area (Å²) in [6, 6.07) is 9.31. The fourth-order valence-electron chi connectivity index (χ4n) is 2.64. The first kappa shape index (κ1) is 18.7. The highest BCUT2D eigenvalue weighted by molar-refractivity contribution is 6.06. The number of rotatable bonds is 5. The van der Waals surface area contributed by atoms with Crippen LogP contribution in [0.1, 0.15) is 38.2 Å². The van der Waals surface area contributed by atoms with Crippen molar-refractivity contribution < 1.29 is 9.59 Å². The molecule has 2 amide bonds. The second-order valence-electron chi connectivity index (χ2n) is 6.43. The molecule has 1 aliphatic heterocycles. The molecule has 0 bridgehead atoms. The predicted molar refractivity (Wildman–Crippen MR) is 96.6 cm³/mol. The van der Waals surface area contributed by atoms with Crippen molar-refractivity contribution in [2.24, 2.45) is 5.92 Å². The third-order valence-corrected chi connectivity index (χ3v) is 4.27. The van der Waals surface area contributed by atoms with Crippen molar-refractivity contribution in [3.8, 4) is 6.07 Å². The smallest absolute Gasteiger partial charge is 0.267 e. The Balaban J connectivity index is 1.95. The van der Waals surface area contributed by atoms with Gasteiger partial charge in [0, 0.05) is 17.8 Å². The highest BCUT2D eigenvalue weighted by Gasteiger charge is 2.20. The summed E-state index contributed by atoms with van der Waals surface area (Å²) in [4.78, 5) is 24.3. The summed E-state index contributed by atoms with van der Waals surface area (Å²) in [7, 11) is 0. The maximum Gasteiger partial charge on any atom is 0.267 e. The topological polar surface area (TPSA) is 94.0 Å². The van der Waals surface area contributed by atoms with Crippen LogP contribution in [0.3, 0.4) is 0 Å². The zero-order valence-corrected chi connectivity index (χ0v) is 14.6. The van der Waals surface area contributed by atoms with Crippen LogP contribution in [-0.4, -0.2) is 24.9 Å². The van der Waals surface area contributed by atoms with Gasteiger partial charge in [0.2, 0.25) is 5.91 Å². The lowest BCUT2D eigenvalue weighted by molar-refractivity contribution is -0.124. The van der Waals surface area contributed by atoms with Crippen molar-refractivity contribution in [1.29, 1.82) is 5.26 Å². The van der Waals surface area contributed by atoms with E-state index in [1.165, 1.54) is 11.8 Å². The molecule has 2 rings (SSSR count). The van der Waals surface area contributed by atoms with Crippen molar-refractivity contribution >= 4 is 17.5 Å². The Morgan fingerprint density at radius 3 is 2.44 bits per heavy atom. The number of hydrogen-bond donors (Lipinski definition) is 3. The molecule has 0 atom stereocenters. The lowest BCUT2D eigenvalue weighted by Crippen LogP contribution is -2.36. The predicted octanol–water partition coefficient (Wildman–Crippen LogP) is 2.27. The highest BCUT2D eigenvalue weighted by atomic mass is 16.2. The van der Waals surface area contributed by atoms with E-state index in [4.69, 9.17) is 0 Å². The van der Waals surface area contributed by atoms with Crippen LogP contribution in [0, 0.1) is 17.2 Å². The van der Waals surface area contributed by atoms with Crippen molar-refractivity contribution in [3.63, 3.8) is 0 Å². The van der Waals surface area contributed by atoms with Gasteiger partial charge < -0.3 is 16.0 Å². The molecule has 3 N–H and O–H groups in total. The second kappa shape index (κ2) is 9.00. The second-order valence-corrected chi connectivity index (χ2v) is 6.43. The standard InChI is InChI=1S/C19H24N4O2/c1-13(2)14-3-5-17(6-4-14)23-19(25)16(11-20)12-22-18(24)15-7-9-21-10-8-15/h3-6,12-13,15,21H,7-10H2,1-2H3,(H,22,24)(H,23,25)/b16-12-. The first-order chi connectivity index (χ1) is 12.0. The lowest BCUT2D eigenvalue weighted by atomic mass is 9.97. The number of amides is 2. The number of nitriles is 1. The van der Waals surface area contributed by atoms with Crippen molar-refractivity contribution in [2.45, 2.75) is 32.6 Å². The highest BCUT2D eigenvalue weighted by Crippen LogP contribution is 2.17. The number of nitrogens with zero attached hydrogens (tertiary/aromatic N) is 1. The van der Waals surface area contributed by atoms with Crippen LogP contribution in [0.5, 0.6) is 0 Å². The molecule has 1 saturated heterocycles. The normalized spacial score (nSPS) is 15.5. The van der Waals surface area contributed by atoms with Gasteiger partial charge in [-0.2, -0.15) is 5.26 Å². The van der Waals surface area contributed by atoms with Gasteiger partial charge in [0.15, 0.2) is 0 Å².